The van der Waals surface area contributed by atoms with E-state index in [4.69, 9.17) is 9.73 Å². The number of rotatable bonds is 7. The zero-order chi connectivity index (χ0) is 22.3. The molecule has 2 fully saturated rings. The normalized spacial score (nSPS) is 19.3. The van der Waals surface area contributed by atoms with Gasteiger partial charge in [0.2, 0.25) is 0 Å². The number of benzene rings is 1. The van der Waals surface area contributed by atoms with Crippen molar-refractivity contribution in [2.75, 3.05) is 32.8 Å². The Labute approximate surface area is 189 Å². The molecule has 0 radical (unpaired) electrons. The molecule has 1 unspecified atom stereocenters. The molecular formula is C23H34FN7O. The second kappa shape index (κ2) is 10.9. The molecule has 1 aliphatic heterocycles. The third-order valence-electron chi connectivity index (χ3n) is 6.46. The zero-order valence-electron chi connectivity index (χ0n) is 19.1. The van der Waals surface area contributed by atoms with Gasteiger partial charge in [0, 0.05) is 32.7 Å². The fourth-order valence-corrected chi connectivity index (χ4v) is 4.38. The van der Waals surface area contributed by atoms with Crippen LogP contribution in [-0.2, 0) is 18.3 Å². The number of aryl methyl sites for hydroxylation is 1. The summed E-state index contributed by atoms with van der Waals surface area (Å²) in [6, 6.07) is 7.36. The van der Waals surface area contributed by atoms with Crippen LogP contribution in [0.1, 0.15) is 48.9 Å². The highest BCUT2D eigenvalue weighted by atomic mass is 19.1. The summed E-state index contributed by atoms with van der Waals surface area (Å²) in [7, 11) is 1.96. The first-order valence-electron chi connectivity index (χ1n) is 11.6. The quantitative estimate of drug-likeness (QED) is 0.505. The Balaban J connectivity index is 1.49. The molecule has 1 aromatic heterocycles. The van der Waals surface area contributed by atoms with Crippen molar-refractivity contribution >= 4 is 5.96 Å². The van der Waals surface area contributed by atoms with Crippen LogP contribution < -0.4 is 10.6 Å². The number of ether oxygens (including phenoxy) is 1. The van der Waals surface area contributed by atoms with Gasteiger partial charge >= 0.3 is 0 Å². The molecule has 1 aromatic carbocycles. The third kappa shape index (κ3) is 5.83. The number of morpholine rings is 1. The second-order valence-corrected chi connectivity index (χ2v) is 8.61. The van der Waals surface area contributed by atoms with Crippen molar-refractivity contribution in [3.05, 3.63) is 47.3 Å². The van der Waals surface area contributed by atoms with Crippen LogP contribution in [-0.4, -0.2) is 64.5 Å². The number of aliphatic imine (C=N–C) groups is 1. The van der Waals surface area contributed by atoms with Crippen molar-refractivity contribution in [2.45, 2.75) is 51.2 Å². The van der Waals surface area contributed by atoms with Gasteiger partial charge in [-0.15, -0.1) is 10.2 Å². The highest BCUT2D eigenvalue weighted by molar-refractivity contribution is 5.80. The van der Waals surface area contributed by atoms with E-state index < -0.39 is 0 Å². The highest BCUT2D eigenvalue weighted by Gasteiger charge is 2.24. The van der Waals surface area contributed by atoms with E-state index in [2.05, 4.69) is 25.7 Å². The Morgan fingerprint density at radius 1 is 1.19 bits per heavy atom. The van der Waals surface area contributed by atoms with E-state index in [0.29, 0.717) is 32.3 Å². The molecule has 1 aliphatic carbocycles. The Morgan fingerprint density at radius 3 is 2.56 bits per heavy atom. The number of hydrogen-bond donors (Lipinski definition) is 2. The molecule has 9 heteroatoms. The molecule has 2 aromatic rings. The molecule has 1 atom stereocenters. The molecule has 32 heavy (non-hydrogen) atoms. The van der Waals surface area contributed by atoms with Crippen molar-refractivity contribution in [3.8, 4) is 0 Å². The topological polar surface area (TPSA) is 79.6 Å². The molecule has 0 spiro atoms. The molecule has 1 saturated carbocycles. The average molecular weight is 444 g/mol. The Bertz CT molecular complexity index is 886. The summed E-state index contributed by atoms with van der Waals surface area (Å²) < 4.78 is 21.0. The lowest BCUT2D eigenvalue weighted by atomic mass is 10.0. The second-order valence-electron chi connectivity index (χ2n) is 8.61. The van der Waals surface area contributed by atoms with E-state index in [1.165, 1.54) is 25.0 Å². The number of halogens is 1. The summed E-state index contributed by atoms with van der Waals surface area (Å²) in [4.78, 5) is 7.22. The van der Waals surface area contributed by atoms with Gasteiger partial charge in [0.15, 0.2) is 11.8 Å². The van der Waals surface area contributed by atoms with Crippen molar-refractivity contribution in [1.82, 2.24) is 30.3 Å². The van der Waals surface area contributed by atoms with Crippen molar-refractivity contribution < 1.29 is 9.13 Å². The summed E-state index contributed by atoms with van der Waals surface area (Å²) >= 11 is 0. The van der Waals surface area contributed by atoms with Crippen molar-refractivity contribution in [1.29, 1.82) is 0 Å². The molecule has 2 aliphatic rings. The molecule has 1 saturated heterocycles. The molecule has 0 bridgehead atoms. The van der Waals surface area contributed by atoms with Gasteiger partial charge in [-0.2, -0.15) is 0 Å². The summed E-state index contributed by atoms with van der Waals surface area (Å²) in [5.41, 5.74) is 1.09. The average Bonchev–Trinajstić information content (AvgIpc) is 3.44. The van der Waals surface area contributed by atoms with Gasteiger partial charge in [-0.3, -0.25) is 4.90 Å². The van der Waals surface area contributed by atoms with E-state index in [1.54, 1.807) is 0 Å². The maximum absolute atomic E-state index is 13.5. The fraction of sp³-hybridized carbons (Fsp3) is 0.609. The van der Waals surface area contributed by atoms with Gasteiger partial charge in [-0.1, -0.05) is 25.0 Å². The molecule has 4 rings (SSSR count). The molecule has 0 amide bonds. The number of guanidine groups is 1. The SMILES string of the molecule is Cc1nnc(CN=C(NCC(c2ccc(F)cc2)N2CCOCC2)NC2CCCC2)n1C. The zero-order valence-corrected chi connectivity index (χ0v) is 19.1. The summed E-state index contributed by atoms with van der Waals surface area (Å²) in [6.07, 6.45) is 4.82. The largest absolute Gasteiger partial charge is 0.379 e. The first kappa shape index (κ1) is 22.7. The Kier molecular flexibility index (Phi) is 7.70. The fourth-order valence-electron chi connectivity index (χ4n) is 4.38. The van der Waals surface area contributed by atoms with Crippen LogP contribution in [0.4, 0.5) is 4.39 Å². The van der Waals surface area contributed by atoms with Crippen molar-refractivity contribution in [2.24, 2.45) is 12.0 Å². The Hall–Kier alpha value is -2.52. The summed E-state index contributed by atoms with van der Waals surface area (Å²) in [5.74, 6) is 2.28. The van der Waals surface area contributed by atoms with Crippen LogP contribution in [0.25, 0.3) is 0 Å². The Morgan fingerprint density at radius 2 is 1.91 bits per heavy atom. The molecule has 2 heterocycles. The van der Waals surface area contributed by atoms with Crippen LogP contribution in [0.5, 0.6) is 0 Å². The van der Waals surface area contributed by atoms with E-state index in [0.717, 1.165) is 49.1 Å². The predicted molar refractivity (Wildman–Crippen MR) is 122 cm³/mol. The minimum absolute atomic E-state index is 0.104. The van der Waals surface area contributed by atoms with Gasteiger partial charge in [0.05, 0.1) is 19.3 Å². The lowest BCUT2D eigenvalue weighted by Gasteiger charge is -2.35. The first-order chi connectivity index (χ1) is 15.6. The molecule has 2 N–H and O–H groups in total. The van der Waals surface area contributed by atoms with E-state index >= 15 is 0 Å². The minimum Gasteiger partial charge on any atom is -0.379 e. The van der Waals surface area contributed by atoms with E-state index in [-0.39, 0.29) is 11.9 Å². The molecule has 174 valence electrons. The number of nitrogens with zero attached hydrogens (tertiary/aromatic N) is 5. The number of hydrogen-bond acceptors (Lipinski definition) is 5. The number of nitrogens with one attached hydrogen (secondary N) is 2. The molecule has 8 nitrogen and oxygen atoms in total. The summed E-state index contributed by atoms with van der Waals surface area (Å²) in [5, 5.41) is 15.5. The highest BCUT2D eigenvalue weighted by Crippen LogP contribution is 2.22. The number of aromatic nitrogens is 3. The lowest BCUT2D eigenvalue weighted by Crippen LogP contribution is -2.48. The van der Waals surface area contributed by atoms with Gasteiger partial charge in [0.1, 0.15) is 18.2 Å². The maximum atomic E-state index is 13.5. The standard InChI is InChI=1S/C23H34FN7O/c1-17-28-29-22(30(17)2)16-26-23(27-20-5-3-4-6-20)25-15-21(31-11-13-32-14-12-31)18-7-9-19(24)10-8-18/h7-10,20-21H,3-6,11-16H2,1-2H3,(H2,25,26,27). The van der Waals surface area contributed by atoms with Gasteiger partial charge < -0.3 is 19.9 Å². The van der Waals surface area contributed by atoms with Crippen molar-refractivity contribution in [3.63, 3.8) is 0 Å². The lowest BCUT2D eigenvalue weighted by molar-refractivity contribution is 0.0169. The van der Waals surface area contributed by atoms with Crippen LogP contribution in [0.2, 0.25) is 0 Å². The van der Waals surface area contributed by atoms with Crippen LogP contribution in [0.15, 0.2) is 29.3 Å². The van der Waals surface area contributed by atoms with Gasteiger partial charge in [-0.25, -0.2) is 9.38 Å². The van der Waals surface area contributed by atoms with E-state index in [9.17, 15) is 4.39 Å². The first-order valence-corrected chi connectivity index (χ1v) is 11.6. The van der Waals surface area contributed by atoms with Gasteiger partial charge in [-0.05, 0) is 37.5 Å². The smallest absolute Gasteiger partial charge is 0.191 e. The predicted octanol–water partition coefficient (Wildman–Crippen LogP) is 2.31. The van der Waals surface area contributed by atoms with Gasteiger partial charge in [0.25, 0.3) is 0 Å². The minimum atomic E-state index is -0.216. The van der Waals surface area contributed by atoms with Crippen LogP contribution >= 0.6 is 0 Å². The monoisotopic (exact) mass is 443 g/mol. The maximum Gasteiger partial charge on any atom is 0.191 e. The van der Waals surface area contributed by atoms with Crippen LogP contribution in [0.3, 0.4) is 0 Å². The summed E-state index contributed by atoms with van der Waals surface area (Å²) in [6.45, 7) is 6.19. The van der Waals surface area contributed by atoms with Crippen LogP contribution in [0, 0.1) is 12.7 Å². The van der Waals surface area contributed by atoms with E-state index in [1.807, 2.05) is 30.7 Å². The molecular weight excluding hydrogens is 409 g/mol. The third-order valence-corrected chi connectivity index (χ3v) is 6.46.